The van der Waals surface area contributed by atoms with Crippen molar-refractivity contribution in [3.63, 3.8) is 0 Å². The van der Waals surface area contributed by atoms with E-state index in [-0.39, 0.29) is 5.56 Å². The summed E-state index contributed by atoms with van der Waals surface area (Å²) >= 11 is 3.42. The summed E-state index contributed by atoms with van der Waals surface area (Å²) in [4.78, 5) is 17.3. The molecule has 0 saturated heterocycles. The standard InChI is InChI=1S/C15H17N3OS2/c1-9-12(4-5-16)21-15-11(7-13(19)18-14(9)15)17-8-10-3-2-6-20-10/h2-3,6-7H,4-5,8,16H2,1H3,(H2,17,18,19). The van der Waals surface area contributed by atoms with E-state index < -0.39 is 0 Å². The van der Waals surface area contributed by atoms with Gasteiger partial charge in [-0.15, -0.1) is 22.7 Å². The van der Waals surface area contributed by atoms with Crippen LogP contribution in [0.5, 0.6) is 0 Å². The lowest BCUT2D eigenvalue weighted by molar-refractivity contribution is 0.981. The molecule has 0 aromatic carbocycles. The number of H-pyrrole nitrogens is 1. The molecule has 4 N–H and O–H groups in total. The van der Waals surface area contributed by atoms with E-state index >= 15 is 0 Å². The van der Waals surface area contributed by atoms with Crippen molar-refractivity contribution < 1.29 is 0 Å². The van der Waals surface area contributed by atoms with E-state index in [1.165, 1.54) is 9.75 Å². The smallest absolute Gasteiger partial charge is 0.250 e. The van der Waals surface area contributed by atoms with Gasteiger partial charge < -0.3 is 16.0 Å². The van der Waals surface area contributed by atoms with Crippen LogP contribution in [0.25, 0.3) is 10.2 Å². The molecule has 0 saturated carbocycles. The van der Waals surface area contributed by atoms with Gasteiger partial charge in [-0.2, -0.15) is 0 Å². The zero-order valence-electron chi connectivity index (χ0n) is 11.7. The summed E-state index contributed by atoms with van der Waals surface area (Å²) in [6, 6.07) is 5.75. The summed E-state index contributed by atoms with van der Waals surface area (Å²) in [5, 5.41) is 5.44. The Hall–Kier alpha value is -1.63. The van der Waals surface area contributed by atoms with Crippen LogP contribution in [0.4, 0.5) is 5.69 Å². The van der Waals surface area contributed by atoms with Crippen molar-refractivity contribution in [2.24, 2.45) is 5.73 Å². The lowest BCUT2D eigenvalue weighted by atomic mass is 10.2. The third kappa shape index (κ3) is 2.88. The molecule has 0 spiro atoms. The van der Waals surface area contributed by atoms with Crippen LogP contribution < -0.4 is 16.6 Å². The first kappa shape index (κ1) is 14.3. The molecule has 0 unspecified atom stereocenters. The van der Waals surface area contributed by atoms with Gasteiger partial charge in [0.1, 0.15) is 0 Å². The molecule has 0 atom stereocenters. The number of nitrogens with two attached hydrogens (primary N) is 1. The number of rotatable bonds is 5. The summed E-state index contributed by atoms with van der Waals surface area (Å²) < 4.78 is 1.10. The van der Waals surface area contributed by atoms with E-state index in [1.807, 2.05) is 13.0 Å². The Kier molecular flexibility index (Phi) is 4.10. The van der Waals surface area contributed by atoms with Gasteiger partial charge in [0.15, 0.2) is 0 Å². The van der Waals surface area contributed by atoms with Gasteiger partial charge in [0.2, 0.25) is 0 Å². The van der Waals surface area contributed by atoms with Gasteiger partial charge >= 0.3 is 0 Å². The number of aromatic amines is 1. The minimum Gasteiger partial charge on any atom is -0.379 e. The molecule has 0 aliphatic heterocycles. The predicted molar refractivity (Wildman–Crippen MR) is 91.6 cm³/mol. The second-order valence-corrected chi connectivity index (χ2v) is 7.01. The van der Waals surface area contributed by atoms with Crippen LogP contribution in [-0.2, 0) is 13.0 Å². The molecule has 0 bridgehead atoms. The molecule has 0 aliphatic carbocycles. The van der Waals surface area contributed by atoms with Crippen molar-refractivity contribution in [1.82, 2.24) is 4.98 Å². The summed E-state index contributed by atoms with van der Waals surface area (Å²) in [6.45, 7) is 3.40. The average Bonchev–Trinajstić information content (AvgIpc) is 3.07. The van der Waals surface area contributed by atoms with Gasteiger partial charge in [0, 0.05) is 22.4 Å². The number of fused-ring (bicyclic) bond motifs is 1. The molecule has 0 amide bonds. The van der Waals surface area contributed by atoms with Gasteiger partial charge in [0.25, 0.3) is 5.56 Å². The van der Waals surface area contributed by atoms with Crippen LogP contribution in [0, 0.1) is 6.92 Å². The zero-order valence-corrected chi connectivity index (χ0v) is 13.4. The Morgan fingerprint density at radius 1 is 1.43 bits per heavy atom. The number of thiophene rings is 2. The minimum atomic E-state index is -0.0728. The van der Waals surface area contributed by atoms with Crippen molar-refractivity contribution in [2.45, 2.75) is 19.9 Å². The first-order chi connectivity index (χ1) is 10.2. The van der Waals surface area contributed by atoms with E-state index in [1.54, 1.807) is 28.7 Å². The number of pyridine rings is 1. The van der Waals surface area contributed by atoms with Crippen molar-refractivity contribution in [3.05, 3.63) is 49.3 Å². The molecule has 4 nitrogen and oxygen atoms in total. The van der Waals surface area contributed by atoms with Crippen LogP contribution in [0.15, 0.2) is 28.4 Å². The summed E-state index contributed by atoms with van der Waals surface area (Å²) in [6.07, 6.45) is 0.845. The summed E-state index contributed by atoms with van der Waals surface area (Å²) in [5.41, 5.74) is 8.56. The minimum absolute atomic E-state index is 0.0728. The molecular weight excluding hydrogens is 302 g/mol. The Bertz CT molecular complexity index is 802. The maximum absolute atomic E-state index is 11.9. The van der Waals surface area contributed by atoms with E-state index in [0.717, 1.165) is 34.4 Å². The van der Waals surface area contributed by atoms with Gasteiger partial charge in [-0.1, -0.05) is 6.07 Å². The second-order valence-electron chi connectivity index (χ2n) is 4.87. The molecule has 110 valence electrons. The second kappa shape index (κ2) is 6.01. The van der Waals surface area contributed by atoms with Gasteiger partial charge in [-0.05, 0) is 36.9 Å². The maximum Gasteiger partial charge on any atom is 0.250 e. The summed E-state index contributed by atoms with van der Waals surface area (Å²) in [5.74, 6) is 0. The van der Waals surface area contributed by atoms with Gasteiger partial charge in [0.05, 0.1) is 15.9 Å². The van der Waals surface area contributed by atoms with Crippen LogP contribution in [0.3, 0.4) is 0 Å². The SMILES string of the molecule is Cc1c(CCN)sc2c(NCc3cccs3)cc(=O)[nH]c12. The van der Waals surface area contributed by atoms with Crippen LogP contribution >= 0.6 is 22.7 Å². The van der Waals surface area contributed by atoms with Crippen molar-refractivity contribution in [2.75, 3.05) is 11.9 Å². The number of hydrogen-bond acceptors (Lipinski definition) is 5. The molecule has 0 fully saturated rings. The highest BCUT2D eigenvalue weighted by Crippen LogP contribution is 2.34. The molecule has 6 heteroatoms. The maximum atomic E-state index is 11.9. The highest BCUT2D eigenvalue weighted by Gasteiger charge is 2.13. The molecular formula is C15H17N3OS2. The van der Waals surface area contributed by atoms with E-state index in [2.05, 4.69) is 21.7 Å². The normalized spacial score (nSPS) is 11.1. The summed E-state index contributed by atoms with van der Waals surface area (Å²) in [7, 11) is 0. The highest BCUT2D eigenvalue weighted by atomic mass is 32.1. The lowest BCUT2D eigenvalue weighted by Crippen LogP contribution is -2.07. The third-order valence-electron chi connectivity index (χ3n) is 3.42. The number of hydrogen-bond donors (Lipinski definition) is 3. The number of nitrogens with one attached hydrogen (secondary N) is 2. The van der Waals surface area contributed by atoms with Crippen molar-refractivity contribution in [3.8, 4) is 0 Å². The fraction of sp³-hybridized carbons (Fsp3) is 0.267. The lowest BCUT2D eigenvalue weighted by Gasteiger charge is -2.05. The monoisotopic (exact) mass is 319 g/mol. The van der Waals surface area contributed by atoms with E-state index in [4.69, 9.17) is 5.73 Å². The van der Waals surface area contributed by atoms with Gasteiger partial charge in [-0.3, -0.25) is 4.79 Å². The molecule has 0 radical (unpaired) electrons. The largest absolute Gasteiger partial charge is 0.379 e. The topological polar surface area (TPSA) is 70.9 Å². The quantitative estimate of drug-likeness (QED) is 0.677. The van der Waals surface area contributed by atoms with Crippen molar-refractivity contribution in [1.29, 1.82) is 0 Å². The zero-order chi connectivity index (χ0) is 14.8. The predicted octanol–water partition coefficient (Wildman–Crippen LogP) is 3.07. The highest BCUT2D eigenvalue weighted by molar-refractivity contribution is 7.19. The van der Waals surface area contributed by atoms with Gasteiger partial charge in [-0.25, -0.2) is 0 Å². The van der Waals surface area contributed by atoms with E-state index in [0.29, 0.717) is 6.54 Å². The van der Waals surface area contributed by atoms with Crippen LogP contribution in [0.2, 0.25) is 0 Å². The molecule has 3 aromatic heterocycles. The first-order valence-electron chi connectivity index (χ1n) is 6.80. The third-order valence-corrected chi connectivity index (χ3v) is 5.68. The fourth-order valence-electron chi connectivity index (χ4n) is 2.35. The number of aromatic nitrogens is 1. The number of aryl methyl sites for hydroxylation is 1. The molecule has 3 rings (SSSR count). The van der Waals surface area contributed by atoms with Crippen LogP contribution in [0.1, 0.15) is 15.3 Å². The average molecular weight is 319 g/mol. The molecule has 21 heavy (non-hydrogen) atoms. The number of anilines is 1. The molecule has 3 aromatic rings. The Morgan fingerprint density at radius 2 is 2.29 bits per heavy atom. The Morgan fingerprint density at radius 3 is 3.00 bits per heavy atom. The Balaban J connectivity index is 2.00. The fourth-order valence-corrected chi connectivity index (χ4v) is 4.27. The Labute approximate surface area is 130 Å². The first-order valence-corrected chi connectivity index (χ1v) is 8.50. The molecule has 0 aliphatic rings. The van der Waals surface area contributed by atoms with Crippen molar-refractivity contribution >= 4 is 38.6 Å². The van der Waals surface area contributed by atoms with E-state index in [9.17, 15) is 4.79 Å². The van der Waals surface area contributed by atoms with Crippen LogP contribution in [-0.4, -0.2) is 11.5 Å². The molecule has 3 heterocycles.